The van der Waals surface area contributed by atoms with E-state index in [0.29, 0.717) is 38.8 Å². The van der Waals surface area contributed by atoms with Crippen molar-refractivity contribution in [3.63, 3.8) is 0 Å². The third-order valence-corrected chi connectivity index (χ3v) is 4.45. The first-order chi connectivity index (χ1) is 13.5. The summed E-state index contributed by atoms with van der Waals surface area (Å²) in [5, 5.41) is 15.0. The summed E-state index contributed by atoms with van der Waals surface area (Å²) in [6.45, 7) is 0. The molecule has 0 amide bonds. The van der Waals surface area contributed by atoms with Gasteiger partial charge in [-0.05, 0) is 29.7 Å². The fourth-order valence-corrected chi connectivity index (χ4v) is 3.21. The number of hydrogen-bond acceptors (Lipinski definition) is 6. The van der Waals surface area contributed by atoms with Crippen LogP contribution in [0.1, 0.15) is 5.56 Å². The van der Waals surface area contributed by atoms with Crippen LogP contribution in [0.15, 0.2) is 36.5 Å². The van der Waals surface area contributed by atoms with Crippen molar-refractivity contribution >= 4 is 27.5 Å². The number of ether oxygens (including phenoxy) is 1. The molecule has 4 rings (SSSR count). The minimum atomic E-state index is -0.513. The highest BCUT2D eigenvalue weighted by Gasteiger charge is 2.16. The molecule has 0 aliphatic carbocycles. The molecule has 6 nitrogen and oxygen atoms in total. The molecule has 0 unspecified atom stereocenters. The largest absolute Gasteiger partial charge is 0.508 e. The second-order valence-electron chi connectivity index (χ2n) is 6.05. The number of anilines is 1. The molecular formula is C21H15FN4O2. The number of aromatic nitrogens is 3. The minimum absolute atomic E-state index is 0.0188. The Bertz CT molecular complexity index is 1280. The molecule has 0 bridgehead atoms. The van der Waals surface area contributed by atoms with Crippen LogP contribution < -0.4 is 10.1 Å². The van der Waals surface area contributed by atoms with Crippen LogP contribution in [0.25, 0.3) is 32.9 Å². The molecule has 2 heterocycles. The molecule has 2 N–H and O–H groups in total. The molecule has 2 aromatic heterocycles. The van der Waals surface area contributed by atoms with Crippen molar-refractivity contribution in [1.82, 2.24) is 15.0 Å². The van der Waals surface area contributed by atoms with Gasteiger partial charge >= 0.3 is 6.01 Å². The Kier molecular flexibility index (Phi) is 4.17. The highest BCUT2D eigenvalue weighted by Crippen LogP contribution is 2.37. The normalized spacial score (nSPS) is 10.8. The van der Waals surface area contributed by atoms with E-state index in [0.717, 1.165) is 0 Å². The zero-order chi connectivity index (χ0) is 19.8. The van der Waals surface area contributed by atoms with Crippen LogP contribution in [0.3, 0.4) is 0 Å². The van der Waals surface area contributed by atoms with Crippen LogP contribution in [0.5, 0.6) is 11.8 Å². The monoisotopic (exact) mass is 374 g/mol. The first-order valence-electron chi connectivity index (χ1n) is 8.37. The molecular weight excluding hydrogens is 359 g/mol. The summed E-state index contributed by atoms with van der Waals surface area (Å²) < 4.78 is 19.4. The van der Waals surface area contributed by atoms with Crippen LogP contribution in [-0.4, -0.2) is 34.2 Å². The Labute approximate surface area is 160 Å². The lowest BCUT2D eigenvalue weighted by Gasteiger charge is -2.13. The number of rotatable bonds is 3. The number of terminal acetylenes is 1. The van der Waals surface area contributed by atoms with E-state index in [9.17, 15) is 9.50 Å². The van der Waals surface area contributed by atoms with Crippen molar-refractivity contribution in [3.05, 3.63) is 47.9 Å². The second kappa shape index (κ2) is 6.67. The fraction of sp³-hybridized carbons (Fsp3) is 0.0952. The fourth-order valence-electron chi connectivity index (χ4n) is 3.21. The molecule has 0 aliphatic rings. The zero-order valence-electron chi connectivity index (χ0n) is 15.1. The Morgan fingerprint density at radius 1 is 1.21 bits per heavy atom. The number of benzene rings is 2. The molecule has 28 heavy (non-hydrogen) atoms. The summed E-state index contributed by atoms with van der Waals surface area (Å²) >= 11 is 0. The Balaban J connectivity index is 2.11. The lowest BCUT2D eigenvalue weighted by Crippen LogP contribution is -2.00. The average Bonchev–Trinajstić information content (AvgIpc) is 2.72. The van der Waals surface area contributed by atoms with Gasteiger partial charge in [-0.15, -0.1) is 6.42 Å². The molecule has 0 saturated carbocycles. The van der Waals surface area contributed by atoms with Gasteiger partial charge in [0.25, 0.3) is 0 Å². The van der Waals surface area contributed by atoms with E-state index < -0.39 is 5.82 Å². The van der Waals surface area contributed by atoms with E-state index in [1.165, 1.54) is 25.3 Å². The molecule has 4 aromatic rings. The van der Waals surface area contributed by atoms with Crippen molar-refractivity contribution in [1.29, 1.82) is 0 Å². The van der Waals surface area contributed by atoms with Crippen molar-refractivity contribution in [2.75, 3.05) is 19.5 Å². The molecule has 7 heteroatoms. The van der Waals surface area contributed by atoms with Gasteiger partial charge in [-0.3, -0.25) is 0 Å². The predicted octanol–water partition coefficient (Wildman–Crippen LogP) is 3.72. The second-order valence-corrected chi connectivity index (χ2v) is 6.05. The number of nitrogens with one attached hydrogen (secondary N) is 1. The highest BCUT2D eigenvalue weighted by molar-refractivity contribution is 6.03. The molecule has 138 valence electrons. The van der Waals surface area contributed by atoms with Gasteiger partial charge in [0, 0.05) is 24.2 Å². The van der Waals surface area contributed by atoms with E-state index >= 15 is 0 Å². The van der Waals surface area contributed by atoms with Crippen LogP contribution in [-0.2, 0) is 0 Å². The maximum atomic E-state index is 14.3. The lowest BCUT2D eigenvalue weighted by molar-refractivity contribution is 0.382. The third kappa shape index (κ3) is 2.72. The standard InChI is InChI=1S/C21H15FN4O2/c1-4-13-16(22)6-5-11-7-12(27)8-14(19(11)13)17-9-18-15(20(23-2)25-17)10-24-21(26-18)28-3/h1,5-10,27H,2-3H3,(H,23,25). The molecule has 0 fully saturated rings. The van der Waals surface area contributed by atoms with Crippen LogP contribution >= 0.6 is 0 Å². The number of methoxy groups -OCH3 is 1. The topological polar surface area (TPSA) is 80.2 Å². The van der Waals surface area contributed by atoms with Gasteiger partial charge in [-0.1, -0.05) is 12.0 Å². The molecule has 0 atom stereocenters. The average molecular weight is 374 g/mol. The van der Waals surface area contributed by atoms with E-state index in [1.807, 2.05) is 0 Å². The first-order valence-corrected chi connectivity index (χ1v) is 8.37. The molecule has 0 spiro atoms. The molecule has 0 saturated heterocycles. The third-order valence-electron chi connectivity index (χ3n) is 4.45. The van der Waals surface area contributed by atoms with Crippen molar-refractivity contribution in [2.45, 2.75) is 0 Å². The minimum Gasteiger partial charge on any atom is -0.508 e. The van der Waals surface area contributed by atoms with Crippen LogP contribution in [0, 0.1) is 18.2 Å². The van der Waals surface area contributed by atoms with Gasteiger partial charge in [0.1, 0.15) is 17.4 Å². The maximum absolute atomic E-state index is 14.3. The Morgan fingerprint density at radius 2 is 2.04 bits per heavy atom. The maximum Gasteiger partial charge on any atom is 0.316 e. The van der Waals surface area contributed by atoms with Crippen LogP contribution in [0.2, 0.25) is 0 Å². The number of aromatic hydroxyl groups is 1. The first kappa shape index (κ1) is 17.5. The lowest BCUT2D eigenvalue weighted by atomic mass is 9.96. The quantitative estimate of drug-likeness (QED) is 0.532. The molecule has 0 radical (unpaired) electrons. The summed E-state index contributed by atoms with van der Waals surface area (Å²) in [6, 6.07) is 7.83. The summed E-state index contributed by atoms with van der Waals surface area (Å²) in [6.07, 6.45) is 7.17. The smallest absolute Gasteiger partial charge is 0.316 e. The van der Waals surface area contributed by atoms with Gasteiger partial charge in [0.05, 0.1) is 29.3 Å². The number of hydrogen-bond donors (Lipinski definition) is 2. The summed E-state index contributed by atoms with van der Waals surface area (Å²) in [5.41, 5.74) is 1.66. The predicted molar refractivity (Wildman–Crippen MR) is 106 cm³/mol. The summed E-state index contributed by atoms with van der Waals surface area (Å²) in [5.74, 6) is 2.44. The molecule has 2 aromatic carbocycles. The molecule has 0 aliphatic heterocycles. The Morgan fingerprint density at radius 3 is 2.75 bits per heavy atom. The Hall–Kier alpha value is -3.92. The number of pyridine rings is 1. The van der Waals surface area contributed by atoms with Gasteiger partial charge in [0.15, 0.2) is 0 Å². The SMILES string of the molecule is C#Cc1c(F)ccc2cc(O)cc(-c3cc4nc(OC)ncc4c(NC)n3)c12. The highest BCUT2D eigenvalue weighted by atomic mass is 19.1. The number of phenols is 1. The van der Waals surface area contributed by atoms with Crippen LogP contribution in [0.4, 0.5) is 10.2 Å². The van der Waals surface area contributed by atoms with E-state index in [1.54, 1.807) is 25.4 Å². The number of halogens is 1. The van der Waals surface area contributed by atoms with E-state index in [2.05, 4.69) is 26.2 Å². The summed E-state index contributed by atoms with van der Waals surface area (Å²) in [4.78, 5) is 13.1. The number of fused-ring (bicyclic) bond motifs is 2. The van der Waals surface area contributed by atoms with Gasteiger partial charge in [0.2, 0.25) is 0 Å². The number of nitrogens with zero attached hydrogens (tertiary/aromatic N) is 3. The number of phenolic OH excluding ortho intramolecular Hbond substituents is 1. The van der Waals surface area contributed by atoms with E-state index in [-0.39, 0.29) is 17.3 Å². The van der Waals surface area contributed by atoms with Crippen molar-refractivity contribution in [2.24, 2.45) is 0 Å². The van der Waals surface area contributed by atoms with Gasteiger partial charge < -0.3 is 15.2 Å². The van der Waals surface area contributed by atoms with Crippen molar-refractivity contribution in [3.8, 4) is 35.4 Å². The van der Waals surface area contributed by atoms with Gasteiger partial charge in [-0.25, -0.2) is 14.4 Å². The zero-order valence-corrected chi connectivity index (χ0v) is 15.1. The summed E-state index contributed by atoms with van der Waals surface area (Å²) in [7, 11) is 3.20. The van der Waals surface area contributed by atoms with E-state index in [4.69, 9.17) is 11.2 Å². The van der Waals surface area contributed by atoms with Crippen molar-refractivity contribution < 1.29 is 14.2 Å². The van der Waals surface area contributed by atoms with Gasteiger partial charge in [-0.2, -0.15) is 4.98 Å².